The van der Waals surface area contributed by atoms with Crippen LogP contribution in [0.1, 0.15) is 65.2 Å². The fourth-order valence-electron chi connectivity index (χ4n) is 5.82. The van der Waals surface area contributed by atoms with Crippen molar-refractivity contribution in [1.29, 1.82) is 0 Å². The minimum Gasteiger partial charge on any atom is -0.454 e. The second kappa shape index (κ2) is 8.69. The van der Waals surface area contributed by atoms with Gasteiger partial charge in [0.2, 0.25) is 10.0 Å². The van der Waals surface area contributed by atoms with Gasteiger partial charge in [0.1, 0.15) is 6.04 Å². The van der Waals surface area contributed by atoms with Crippen LogP contribution >= 0.6 is 0 Å². The van der Waals surface area contributed by atoms with Crippen molar-refractivity contribution in [2.24, 2.45) is 23.2 Å². The molecule has 0 aromatic rings. The summed E-state index contributed by atoms with van der Waals surface area (Å²) in [7, 11) is -3.51. The summed E-state index contributed by atoms with van der Waals surface area (Å²) in [6, 6.07) is -1.00. The van der Waals surface area contributed by atoms with Crippen molar-refractivity contribution in [3.63, 3.8) is 0 Å². The van der Waals surface area contributed by atoms with E-state index in [1.807, 2.05) is 6.92 Å². The largest absolute Gasteiger partial charge is 0.454 e. The Morgan fingerprint density at radius 1 is 1.11 bits per heavy atom. The lowest BCUT2D eigenvalue weighted by molar-refractivity contribution is -0.150. The lowest BCUT2D eigenvalue weighted by Gasteiger charge is -2.56. The summed E-state index contributed by atoms with van der Waals surface area (Å²) in [4.78, 5) is 24.2. The first kappa shape index (κ1) is 21.6. The summed E-state index contributed by atoms with van der Waals surface area (Å²) in [6.45, 7) is 3.62. The number of carbonyl (C=O) groups excluding carboxylic acids is 2. The van der Waals surface area contributed by atoms with Crippen molar-refractivity contribution in [2.75, 3.05) is 18.9 Å². The zero-order valence-electron chi connectivity index (χ0n) is 17.0. The molecule has 1 amide bonds. The fraction of sp³-hybridized carbons (Fsp3) is 0.900. The molecular formula is C20H34N2O5S. The molecule has 0 aromatic carbocycles. The molecule has 4 fully saturated rings. The molecule has 28 heavy (non-hydrogen) atoms. The van der Waals surface area contributed by atoms with Crippen LogP contribution in [0.3, 0.4) is 0 Å². The maximum atomic E-state index is 12.2. The van der Waals surface area contributed by atoms with Crippen molar-refractivity contribution >= 4 is 21.9 Å². The second-order valence-electron chi connectivity index (χ2n) is 9.31. The highest BCUT2D eigenvalue weighted by atomic mass is 32.2. The maximum Gasteiger partial charge on any atom is 0.324 e. The first-order valence-corrected chi connectivity index (χ1v) is 12.3. The van der Waals surface area contributed by atoms with Crippen LogP contribution in [0.4, 0.5) is 0 Å². The molecule has 0 aliphatic heterocycles. The van der Waals surface area contributed by atoms with Gasteiger partial charge in [-0.25, -0.2) is 13.1 Å². The molecule has 0 radical (unpaired) electrons. The Bertz CT molecular complexity index is 655. The molecule has 0 heterocycles. The maximum absolute atomic E-state index is 12.2. The molecule has 0 spiro atoms. The third-order valence-electron chi connectivity index (χ3n) is 6.65. The first-order chi connectivity index (χ1) is 13.2. The molecule has 8 heteroatoms. The van der Waals surface area contributed by atoms with Crippen molar-refractivity contribution < 1.29 is 22.7 Å². The molecular weight excluding hydrogens is 380 g/mol. The molecule has 4 aliphatic carbocycles. The lowest BCUT2D eigenvalue weighted by atomic mass is 9.49. The number of nitrogens with one attached hydrogen (secondary N) is 2. The van der Waals surface area contributed by atoms with E-state index in [0.29, 0.717) is 13.0 Å². The van der Waals surface area contributed by atoms with Gasteiger partial charge in [-0.15, -0.1) is 0 Å². The zero-order chi connectivity index (χ0) is 20.4. The van der Waals surface area contributed by atoms with Gasteiger partial charge in [0.25, 0.3) is 5.91 Å². The molecule has 4 aliphatic rings. The van der Waals surface area contributed by atoms with Gasteiger partial charge in [-0.05, 0) is 75.0 Å². The van der Waals surface area contributed by atoms with Gasteiger partial charge in [0.05, 0.1) is 5.75 Å². The molecule has 160 valence electrons. The molecule has 0 aromatic heterocycles. The third-order valence-corrected chi connectivity index (χ3v) is 8.19. The van der Waals surface area contributed by atoms with Gasteiger partial charge in [-0.3, -0.25) is 9.59 Å². The Morgan fingerprint density at radius 2 is 1.68 bits per heavy atom. The monoisotopic (exact) mass is 414 g/mol. The van der Waals surface area contributed by atoms with Gasteiger partial charge in [0.15, 0.2) is 6.61 Å². The van der Waals surface area contributed by atoms with Gasteiger partial charge < -0.3 is 10.1 Å². The van der Waals surface area contributed by atoms with Crippen molar-refractivity contribution in [2.45, 2.75) is 71.3 Å². The van der Waals surface area contributed by atoms with Gasteiger partial charge >= 0.3 is 5.97 Å². The molecule has 2 N–H and O–H groups in total. The second-order valence-corrected chi connectivity index (χ2v) is 11.2. The van der Waals surface area contributed by atoms with Crippen LogP contribution < -0.4 is 10.0 Å². The molecule has 4 saturated carbocycles. The SMILES string of the molecule is CCCCS(=O)(=O)N[C@@H](C)C(=O)OCC(=O)NCC12CC3CC(CC(C3)C1)C2. The fourth-order valence-corrected chi connectivity index (χ4v) is 7.24. The number of unbranched alkanes of at least 4 members (excludes halogenated alkanes) is 1. The topological polar surface area (TPSA) is 102 Å². The van der Waals surface area contributed by atoms with Crippen LogP contribution in [0, 0.1) is 23.2 Å². The standard InChI is InChI=1S/C20H34N2O5S/c1-3-4-5-28(25,26)22-14(2)19(24)27-12-18(23)21-13-20-9-15-6-16(10-20)8-17(7-15)11-20/h14-17,22H,3-13H2,1-2H3,(H,21,23)/t14-,15?,16?,17?,20?/m0/s1. The van der Waals surface area contributed by atoms with Crippen LogP contribution in [-0.2, 0) is 24.3 Å². The van der Waals surface area contributed by atoms with Gasteiger partial charge in [0, 0.05) is 6.54 Å². The number of carbonyl (C=O) groups is 2. The van der Waals surface area contributed by atoms with Crippen molar-refractivity contribution in [3.05, 3.63) is 0 Å². The molecule has 1 atom stereocenters. The summed E-state index contributed by atoms with van der Waals surface area (Å²) in [5.74, 6) is 1.40. The number of hydrogen-bond donors (Lipinski definition) is 2. The Kier molecular flexibility index (Phi) is 6.69. The molecule has 4 bridgehead atoms. The molecule has 0 unspecified atom stereocenters. The smallest absolute Gasteiger partial charge is 0.324 e. The normalized spacial score (nSPS) is 32.1. The average molecular weight is 415 g/mol. The molecule has 4 rings (SSSR count). The number of amides is 1. The number of hydrogen-bond acceptors (Lipinski definition) is 5. The lowest BCUT2D eigenvalue weighted by Crippen LogP contribution is -2.51. The van der Waals surface area contributed by atoms with E-state index in [2.05, 4.69) is 10.0 Å². The predicted octanol–water partition coefficient (Wildman–Crippen LogP) is 1.97. The molecule has 0 saturated heterocycles. The van der Waals surface area contributed by atoms with Crippen molar-refractivity contribution in [1.82, 2.24) is 10.0 Å². The van der Waals surface area contributed by atoms with Crippen LogP contribution in [0.15, 0.2) is 0 Å². The summed E-state index contributed by atoms with van der Waals surface area (Å²) in [5, 5.41) is 2.96. The first-order valence-electron chi connectivity index (χ1n) is 10.6. The van der Waals surface area contributed by atoms with Gasteiger partial charge in [-0.2, -0.15) is 0 Å². The van der Waals surface area contributed by atoms with E-state index in [4.69, 9.17) is 4.74 Å². The van der Waals surface area contributed by atoms with E-state index in [1.165, 1.54) is 45.4 Å². The Hall–Kier alpha value is -1.15. The Labute approximate surface area is 168 Å². The summed E-state index contributed by atoms with van der Waals surface area (Å²) < 4.78 is 31.0. The Balaban J connectivity index is 1.39. The highest BCUT2D eigenvalue weighted by Gasteiger charge is 2.50. The quantitative estimate of drug-likeness (QED) is 0.532. The van der Waals surface area contributed by atoms with Crippen LogP contribution in [0.2, 0.25) is 0 Å². The molecule has 7 nitrogen and oxygen atoms in total. The average Bonchev–Trinajstić information content (AvgIpc) is 2.61. The highest BCUT2D eigenvalue weighted by Crippen LogP contribution is 2.59. The van der Waals surface area contributed by atoms with E-state index >= 15 is 0 Å². The number of rotatable bonds is 10. The van der Waals surface area contributed by atoms with Crippen molar-refractivity contribution in [3.8, 4) is 0 Å². The van der Waals surface area contributed by atoms with E-state index < -0.39 is 22.0 Å². The minimum absolute atomic E-state index is 0.0212. The van der Waals surface area contributed by atoms with E-state index in [-0.39, 0.29) is 23.7 Å². The number of esters is 1. The summed E-state index contributed by atoms with van der Waals surface area (Å²) in [5.41, 5.74) is 0.233. The third kappa shape index (κ3) is 5.47. The Morgan fingerprint density at radius 3 is 2.21 bits per heavy atom. The predicted molar refractivity (Wildman–Crippen MR) is 106 cm³/mol. The summed E-state index contributed by atoms with van der Waals surface area (Å²) in [6.07, 6.45) is 8.97. The van der Waals surface area contributed by atoms with E-state index in [0.717, 1.165) is 24.2 Å². The summed E-state index contributed by atoms with van der Waals surface area (Å²) >= 11 is 0. The van der Waals surface area contributed by atoms with Gasteiger partial charge in [-0.1, -0.05) is 13.3 Å². The van der Waals surface area contributed by atoms with Crippen LogP contribution in [0.5, 0.6) is 0 Å². The number of ether oxygens (including phenoxy) is 1. The van der Waals surface area contributed by atoms with Crippen LogP contribution in [-0.4, -0.2) is 45.2 Å². The van der Waals surface area contributed by atoms with E-state index in [9.17, 15) is 18.0 Å². The van der Waals surface area contributed by atoms with Crippen LogP contribution in [0.25, 0.3) is 0 Å². The minimum atomic E-state index is -3.51. The number of sulfonamides is 1. The highest BCUT2D eigenvalue weighted by molar-refractivity contribution is 7.89. The van der Waals surface area contributed by atoms with E-state index in [1.54, 1.807) is 0 Å². The zero-order valence-corrected chi connectivity index (χ0v) is 17.9.